The molecule has 0 atom stereocenters. The highest BCUT2D eigenvalue weighted by Crippen LogP contribution is 2.14. The summed E-state index contributed by atoms with van der Waals surface area (Å²) in [6.07, 6.45) is 0. The Kier molecular flexibility index (Phi) is 10.5. The van der Waals surface area contributed by atoms with E-state index in [1.807, 2.05) is 0 Å². The minimum Gasteiger partial charge on any atom is -0.300 e. The summed E-state index contributed by atoms with van der Waals surface area (Å²) in [6.45, 7) is 26.4. The number of hydrogen-bond acceptors (Lipinski definition) is 10. The van der Waals surface area contributed by atoms with Crippen molar-refractivity contribution in [3.05, 3.63) is 59.2 Å². The van der Waals surface area contributed by atoms with E-state index in [1.165, 1.54) is 49.0 Å². The van der Waals surface area contributed by atoms with E-state index in [9.17, 15) is 0 Å². The first-order valence-electron chi connectivity index (χ1n) is 17.4. The number of nitrogens with zero attached hydrogens (tertiary/aromatic N) is 10. The van der Waals surface area contributed by atoms with Gasteiger partial charge >= 0.3 is 0 Å². The number of fused-ring (bicyclic) bond motifs is 2. The molecule has 10 nitrogen and oxygen atoms in total. The van der Waals surface area contributed by atoms with Crippen molar-refractivity contribution < 1.29 is 0 Å². The monoisotopic (exact) mass is 602 g/mol. The maximum Gasteiger partial charge on any atom is 0.0547 e. The van der Waals surface area contributed by atoms with Crippen LogP contribution in [0.4, 0.5) is 0 Å². The van der Waals surface area contributed by atoms with Crippen molar-refractivity contribution in [3.8, 4) is 0 Å². The van der Waals surface area contributed by atoms with Gasteiger partial charge in [-0.1, -0.05) is 12.1 Å². The second-order valence-electron chi connectivity index (χ2n) is 13.7. The third kappa shape index (κ3) is 8.61. The van der Waals surface area contributed by atoms with Crippen LogP contribution in [0.25, 0.3) is 0 Å². The van der Waals surface area contributed by atoms with Gasteiger partial charge in [0.2, 0.25) is 0 Å². The molecule has 0 N–H and O–H groups in total. The van der Waals surface area contributed by atoms with Gasteiger partial charge in [0, 0.05) is 157 Å². The first kappa shape index (κ1) is 30.6. The lowest BCUT2D eigenvalue weighted by atomic mass is 10.2. The third-order valence-electron chi connectivity index (χ3n) is 10.6. The van der Waals surface area contributed by atoms with Crippen molar-refractivity contribution in [3.63, 3.8) is 0 Å². The van der Waals surface area contributed by atoms with E-state index >= 15 is 0 Å². The van der Waals surface area contributed by atoms with Gasteiger partial charge in [-0.25, -0.2) is 0 Å². The van der Waals surface area contributed by atoms with Crippen molar-refractivity contribution in [2.24, 2.45) is 0 Å². The number of rotatable bonds is 0. The molecule has 0 aromatic carbocycles. The molecule has 44 heavy (non-hydrogen) atoms. The van der Waals surface area contributed by atoms with Gasteiger partial charge in [0.15, 0.2) is 0 Å². The summed E-state index contributed by atoms with van der Waals surface area (Å²) >= 11 is 0. The van der Waals surface area contributed by atoms with Gasteiger partial charge in [-0.3, -0.25) is 49.2 Å². The van der Waals surface area contributed by atoms with E-state index in [-0.39, 0.29) is 0 Å². The second kappa shape index (κ2) is 15.0. The average molecular weight is 603 g/mol. The lowest BCUT2D eigenvalue weighted by Gasteiger charge is -2.31. The molecule has 0 amide bonds. The van der Waals surface area contributed by atoms with Gasteiger partial charge in [-0.15, -0.1) is 0 Å². The zero-order valence-corrected chi connectivity index (χ0v) is 26.9. The van der Waals surface area contributed by atoms with E-state index in [0.717, 1.165) is 131 Å². The fourth-order valence-corrected chi connectivity index (χ4v) is 7.58. The number of aromatic nitrogens is 2. The quantitative estimate of drug-likeness (QED) is 0.430. The summed E-state index contributed by atoms with van der Waals surface area (Å²) in [5.74, 6) is 0. The molecule has 4 saturated heterocycles. The van der Waals surface area contributed by atoms with Gasteiger partial charge in [0.1, 0.15) is 0 Å². The normalized spacial score (nSPS) is 35.8. The molecular formula is C34H54N10. The molecule has 10 heteroatoms. The predicted octanol–water partition coefficient (Wildman–Crippen LogP) is 0.661. The predicted molar refractivity (Wildman–Crippen MR) is 175 cm³/mol. The third-order valence-corrected chi connectivity index (χ3v) is 10.6. The van der Waals surface area contributed by atoms with E-state index in [4.69, 9.17) is 9.97 Å². The Hall–Kier alpha value is -2.02. The lowest BCUT2D eigenvalue weighted by Crippen LogP contribution is -2.42. The van der Waals surface area contributed by atoms with Crippen LogP contribution < -0.4 is 0 Å². The Labute approximate surface area is 265 Å². The van der Waals surface area contributed by atoms with Crippen LogP contribution >= 0.6 is 0 Å². The first-order valence-corrected chi connectivity index (χ1v) is 17.4. The molecule has 0 spiro atoms. The number of hydrogen-bond donors (Lipinski definition) is 0. The minimum atomic E-state index is 0.946. The Balaban J connectivity index is 1.16. The van der Waals surface area contributed by atoms with E-state index in [0.29, 0.717) is 0 Å². The second-order valence-corrected chi connectivity index (χ2v) is 13.7. The van der Waals surface area contributed by atoms with Crippen molar-refractivity contribution in [1.82, 2.24) is 49.2 Å². The molecule has 2 aromatic heterocycles. The molecular weight excluding hydrogens is 548 g/mol. The molecule has 12 bridgehead atoms. The van der Waals surface area contributed by atoms with Crippen molar-refractivity contribution in [2.75, 3.05) is 131 Å². The Morgan fingerprint density at radius 3 is 0.659 bits per heavy atom. The van der Waals surface area contributed by atoms with Crippen molar-refractivity contribution >= 4 is 0 Å². The summed E-state index contributed by atoms with van der Waals surface area (Å²) in [5, 5.41) is 0. The van der Waals surface area contributed by atoms with Crippen LogP contribution in [0.15, 0.2) is 36.4 Å². The lowest BCUT2D eigenvalue weighted by molar-refractivity contribution is 0.163. The molecule has 0 unspecified atom stereocenters. The zero-order valence-electron chi connectivity index (χ0n) is 26.9. The van der Waals surface area contributed by atoms with Crippen LogP contribution in [-0.4, -0.2) is 180 Å². The summed E-state index contributed by atoms with van der Waals surface area (Å²) in [7, 11) is 0. The molecule has 0 radical (unpaired) electrons. The molecule has 8 aliphatic rings. The molecule has 8 aliphatic heterocycles. The van der Waals surface area contributed by atoms with Crippen LogP contribution in [0.1, 0.15) is 22.8 Å². The van der Waals surface area contributed by atoms with Gasteiger partial charge in [0.25, 0.3) is 0 Å². The van der Waals surface area contributed by atoms with E-state index < -0.39 is 0 Å². The number of pyridine rings is 2. The topological polar surface area (TPSA) is 51.7 Å². The van der Waals surface area contributed by atoms with Gasteiger partial charge in [-0.2, -0.15) is 0 Å². The Bertz CT molecular complexity index is 988. The average Bonchev–Trinajstić information content (AvgIpc) is 3.28. The Morgan fingerprint density at radius 2 is 0.455 bits per heavy atom. The molecule has 0 aliphatic carbocycles. The van der Waals surface area contributed by atoms with Crippen LogP contribution in [0.3, 0.4) is 0 Å². The molecule has 0 saturated carbocycles. The zero-order chi connectivity index (χ0) is 29.6. The summed E-state index contributed by atoms with van der Waals surface area (Å²) in [6, 6.07) is 13.5. The maximum absolute atomic E-state index is 5.24. The summed E-state index contributed by atoms with van der Waals surface area (Å²) in [4.78, 5) is 31.9. The smallest absolute Gasteiger partial charge is 0.0547 e. The molecule has 2 aromatic rings. The van der Waals surface area contributed by atoms with Gasteiger partial charge < -0.3 is 0 Å². The van der Waals surface area contributed by atoms with Crippen LogP contribution in [0.2, 0.25) is 0 Å². The fraction of sp³-hybridized carbons (Fsp3) is 0.706. The van der Waals surface area contributed by atoms with Crippen molar-refractivity contribution in [1.29, 1.82) is 0 Å². The fourth-order valence-electron chi connectivity index (χ4n) is 7.58. The molecule has 10 rings (SSSR count). The summed E-state index contributed by atoms with van der Waals surface area (Å²) in [5.41, 5.74) is 4.90. The van der Waals surface area contributed by atoms with Gasteiger partial charge in [-0.05, 0) is 24.3 Å². The highest BCUT2D eigenvalue weighted by molar-refractivity contribution is 5.13. The van der Waals surface area contributed by atoms with Crippen LogP contribution in [-0.2, 0) is 26.2 Å². The van der Waals surface area contributed by atoms with Crippen LogP contribution in [0, 0.1) is 0 Å². The van der Waals surface area contributed by atoms with E-state index in [1.54, 1.807) is 0 Å². The SMILES string of the molecule is c1cc2nc(c1)CN1CCN3CCN(CC1)CCN(CC3)Cc1cccc(n1)CN1CCN3CCN(CCN(CC3)C2)CC1. The van der Waals surface area contributed by atoms with E-state index in [2.05, 4.69) is 75.6 Å². The summed E-state index contributed by atoms with van der Waals surface area (Å²) < 4.78 is 0. The maximum atomic E-state index is 5.24. The largest absolute Gasteiger partial charge is 0.300 e. The highest BCUT2D eigenvalue weighted by Gasteiger charge is 2.23. The molecule has 10 heterocycles. The standard InChI is InChI=1S/C34H54N10/c1-3-31-27-41-19-11-37-7-8-38(12-20-41)16-24-43(23-15-37)29-33-5-2-6-34(36-33)30-44-25-17-39-9-10-40(18-26-44)14-22-42(21-13-39)28-32(4-1)35-31/h1-6H,7-30H2. The highest BCUT2D eigenvalue weighted by atomic mass is 15.3. The molecule has 4 fully saturated rings. The minimum absolute atomic E-state index is 0.946. The first-order chi connectivity index (χ1) is 21.7. The van der Waals surface area contributed by atoms with Crippen molar-refractivity contribution in [2.45, 2.75) is 26.2 Å². The van der Waals surface area contributed by atoms with Gasteiger partial charge in [0.05, 0.1) is 22.8 Å². The van der Waals surface area contributed by atoms with Crippen LogP contribution in [0.5, 0.6) is 0 Å². The molecule has 240 valence electrons. The Morgan fingerprint density at radius 1 is 0.273 bits per heavy atom.